The lowest BCUT2D eigenvalue weighted by Crippen LogP contribution is -2.56. The summed E-state index contributed by atoms with van der Waals surface area (Å²) in [7, 11) is 0. The Morgan fingerprint density at radius 1 is 1.13 bits per heavy atom. The van der Waals surface area contributed by atoms with Crippen LogP contribution in [0.2, 0.25) is 0 Å². The number of rotatable bonds is 5. The molecule has 1 saturated heterocycles. The number of carbonyl (C=O) groups is 3. The molecule has 2 aliphatic rings. The van der Waals surface area contributed by atoms with E-state index in [0.717, 1.165) is 0 Å². The standard InChI is InChI=1S/C16H14F8O6/c1-5(2)11(26)29-9-6-3-7(10(9)28-8(25)4-6)12(27)30-13(15(19,20)21)14(17,18)16(22,23)24/h6-7,9-10,13H,1,3-4H2,2H3. The number of carbonyl (C=O) groups excluding carboxylic acids is 3. The number of hydrogen-bond acceptors (Lipinski definition) is 6. The Morgan fingerprint density at radius 2 is 1.70 bits per heavy atom. The van der Waals surface area contributed by atoms with Gasteiger partial charge < -0.3 is 14.2 Å². The Kier molecular flexibility index (Phi) is 6.12. The SMILES string of the molecule is C=C(C)C(=O)OC1C2CC(=O)OC1C(C(=O)OC(C(F)(F)F)C(F)(F)C(F)(F)F)C2. The lowest BCUT2D eigenvalue weighted by molar-refractivity contribution is -0.361. The summed E-state index contributed by atoms with van der Waals surface area (Å²) < 4.78 is 116. The van der Waals surface area contributed by atoms with Gasteiger partial charge in [-0.15, -0.1) is 0 Å². The molecule has 0 spiro atoms. The monoisotopic (exact) mass is 454 g/mol. The normalized spacial score (nSPS) is 27.8. The van der Waals surface area contributed by atoms with E-state index in [-0.39, 0.29) is 5.57 Å². The van der Waals surface area contributed by atoms with E-state index in [2.05, 4.69) is 11.3 Å². The Labute approximate surface area is 163 Å². The first kappa shape index (κ1) is 23.9. The fourth-order valence-electron chi connectivity index (χ4n) is 3.17. The van der Waals surface area contributed by atoms with Gasteiger partial charge in [-0.25, -0.2) is 4.79 Å². The summed E-state index contributed by atoms with van der Waals surface area (Å²) in [5.41, 5.74) is -0.104. The molecule has 1 aliphatic heterocycles. The molecule has 2 bridgehead atoms. The highest BCUT2D eigenvalue weighted by molar-refractivity contribution is 5.87. The van der Waals surface area contributed by atoms with Crippen LogP contribution in [0, 0.1) is 11.8 Å². The predicted molar refractivity (Wildman–Crippen MR) is 77.7 cm³/mol. The average Bonchev–Trinajstić information content (AvgIpc) is 2.77. The molecule has 0 aromatic rings. The molecular weight excluding hydrogens is 440 g/mol. The summed E-state index contributed by atoms with van der Waals surface area (Å²) in [5, 5.41) is 0. The summed E-state index contributed by atoms with van der Waals surface area (Å²) in [6.45, 7) is 4.54. The molecule has 6 nitrogen and oxygen atoms in total. The van der Waals surface area contributed by atoms with Crippen LogP contribution in [0.15, 0.2) is 12.2 Å². The van der Waals surface area contributed by atoms with Crippen LogP contribution in [0.3, 0.4) is 0 Å². The minimum Gasteiger partial charge on any atom is -0.457 e. The van der Waals surface area contributed by atoms with Gasteiger partial charge in [0.1, 0.15) is 6.10 Å². The number of hydrogen-bond donors (Lipinski definition) is 0. The highest BCUT2D eigenvalue weighted by Gasteiger charge is 2.72. The molecule has 0 aromatic carbocycles. The lowest BCUT2D eigenvalue weighted by Gasteiger charge is -2.32. The maximum atomic E-state index is 13.3. The quantitative estimate of drug-likeness (QED) is 0.275. The molecule has 30 heavy (non-hydrogen) atoms. The fourth-order valence-corrected chi connectivity index (χ4v) is 3.17. The van der Waals surface area contributed by atoms with Gasteiger partial charge in [0.25, 0.3) is 6.10 Å². The number of halogens is 8. The average molecular weight is 454 g/mol. The van der Waals surface area contributed by atoms with Gasteiger partial charge in [0.15, 0.2) is 6.10 Å². The number of fused-ring (bicyclic) bond motifs is 2. The third-order valence-corrected chi connectivity index (χ3v) is 4.57. The van der Waals surface area contributed by atoms with Crippen molar-refractivity contribution in [3.63, 3.8) is 0 Å². The van der Waals surface area contributed by atoms with E-state index in [0.29, 0.717) is 0 Å². The van der Waals surface area contributed by atoms with Crippen LogP contribution in [0.5, 0.6) is 0 Å². The molecule has 2 fully saturated rings. The van der Waals surface area contributed by atoms with Crippen LogP contribution in [-0.4, -0.2) is 54.5 Å². The number of alkyl halides is 8. The maximum Gasteiger partial charge on any atom is 0.457 e. The van der Waals surface area contributed by atoms with Crippen molar-refractivity contribution in [2.75, 3.05) is 0 Å². The second kappa shape index (κ2) is 7.69. The van der Waals surface area contributed by atoms with E-state index in [1.54, 1.807) is 0 Å². The van der Waals surface area contributed by atoms with E-state index in [4.69, 9.17) is 9.47 Å². The zero-order chi connectivity index (χ0) is 23.2. The van der Waals surface area contributed by atoms with Crippen molar-refractivity contribution in [3.8, 4) is 0 Å². The van der Waals surface area contributed by atoms with Gasteiger partial charge in [-0.3, -0.25) is 9.59 Å². The molecule has 1 aliphatic carbocycles. The first-order valence-corrected chi connectivity index (χ1v) is 8.24. The van der Waals surface area contributed by atoms with Crippen molar-refractivity contribution in [3.05, 3.63) is 12.2 Å². The summed E-state index contributed by atoms with van der Waals surface area (Å²) in [4.78, 5) is 35.4. The van der Waals surface area contributed by atoms with Crippen molar-refractivity contribution >= 4 is 17.9 Å². The Morgan fingerprint density at radius 3 is 2.17 bits per heavy atom. The van der Waals surface area contributed by atoms with Gasteiger partial charge in [-0.05, 0) is 13.3 Å². The highest BCUT2D eigenvalue weighted by atomic mass is 19.4. The topological polar surface area (TPSA) is 78.9 Å². The van der Waals surface area contributed by atoms with Crippen LogP contribution >= 0.6 is 0 Å². The summed E-state index contributed by atoms with van der Waals surface area (Å²) >= 11 is 0. The van der Waals surface area contributed by atoms with Crippen LogP contribution in [-0.2, 0) is 28.6 Å². The molecule has 14 heteroatoms. The van der Waals surface area contributed by atoms with Crippen molar-refractivity contribution in [2.45, 2.75) is 56.4 Å². The smallest absolute Gasteiger partial charge is 0.457 e. The molecule has 1 heterocycles. The molecule has 5 unspecified atom stereocenters. The zero-order valence-corrected chi connectivity index (χ0v) is 15.0. The molecule has 170 valence electrons. The van der Waals surface area contributed by atoms with Crippen LogP contribution in [0.25, 0.3) is 0 Å². The summed E-state index contributed by atoms with van der Waals surface area (Å²) in [6.07, 6.45) is -21.7. The van der Waals surface area contributed by atoms with E-state index >= 15 is 0 Å². The summed E-state index contributed by atoms with van der Waals surface area (Å²) in [6, 6.07) is 0. The number of ether oxygens (including phenoxy) is 3. The molecular formula is C16H14F8O6. The highest BCUT2D eigenvalue weighted by Crippen LogP contribution is 2.47. The first-order chi connectivity index (χ1) is 13.5. The molecule has 5 atom stereocenters. The predicted octanol–water partition coefficient (Wildman–Crippen LogP) is 3.10. The first-order valence-electron chi connectivity index (χ1n) is 8.24. The van der Waals surface area contributed by atoms with Gasteiger partial charge >= 0.3 is 36.2 Å². The molecule has 0 radical (unpaired) electrons. The third-order valence-electron chi connectivity index (χ3n) is 4.57. The fraction of sp³-hybridized carbons (Fsp3) is 0.688. The van der Waals surface area contributed by atoms with E-state index in [1.165, 1.54) is 6.92 Å². The third kappa shape index (κ3) is 4.51. The zero-order valence-electron chi connectivity index (χ0n) is 15.0. The lowest BCUT2D eigenvalue weighted by atomic mass is 9.99. The van der Waals surface area contributed by atoms with Crippen molar-refractivity contribution in [1.82, 2.24) is 0 Å². The Balaban J connectivity index is 2.27. The van der Waals surface area contributed by atoms with Gasteiger partial charge in [0, 0.05) is 11.5 Å². The minimum absolute atomic E-state index is 0.104. The van der Waals surface area contributed by atoms with E-state index in [9.17, 15) is 49.5 Å². The Hall–Kier alpha value is -2.41. The molecule has 0 N–H and O–H groups in total. The second-order valence-electron chi connectivity index (χ2n) is 6.89. The Bertz CT molecular complexity index is 743. The van der Waals surface area contributed by atoms with Gasteiger partial charge in [-0.1, -0.05) is 6.58 Å². The largest absolute Gasteiger partial charge is 0.457 e. The number of esters is 3. The van der Waals surface area contributed by atoms with Crippen molar-refractivity contribution < 1.29 is 63.7 Å². The van der Waals surface area contributed by atoms with Gasteiger partial charge in [0.2, 0.25) is 0 Å². The maximum absolute atomic E-state index is 13.3. The second-order valence-corrected chi connectivity index (χ2v) is 6.89. The summed E-state index contributed by atoms with van der Waals surface area (Å²) in [5.74, 6) is -13.2. The molecule has 2 rings (SSSR count). The van der Waals surface area contributed by atoms with Crippen molar-refractivity contribution in [1.29, 1.82) is 0 Å². The minimum atomic E-state index is -6.66. The van der Waals surface area contributed by atoms with Gasteiger partial charge in [0.05, 0.1) is 12.3 Å². The van der Waals surface area contributed by atoms with Crippen LogP contribution in [0.4, 0.5) is 35.1 Å². The van der Waals surface area contributed by atoms with Crippen molar-refractivity contribution in [2.24, 2.45) is 11.8 Å². The van der Waals surface area contributed by atoms with Crippen LogP contribution in [0.1, 0.15) is 19.8 Å². The molecule has 0 aromatic heterocycles. The molecule has 0 amide bonds. The molecule has 1 saturated carbocycles. The van der Waals surface area contributed by atoms with Gasteiger partial charge in [-0.2, -0.15) is 35.1 Å². The van der Waals surface area contributed by atoms with Crippen LogP contribution < -0.4 is 0 Å². The van der Waals surface area contributed by atoms with E-state index < -0.39 is 79.2 Å². The van der Waals surface area contributed by atoms with E-state index in [1.807, 2.05) is 0 Å².